The van der Waals surface area contributed by atoms with E-state index in [1.165, 1.54) is 0 Å². The molecule has 0 aliphatic rings. The van der Waals surface area contributed by atoms with Gasteiger partial charge >= 0.3 is 0 Å². The molecule has 1 aromatic carbocycles. The first-order valence-corrected chi connectivity index (χ1v) is 7.96. The second-order valence-corrected chi connectivity index (χ2v) is 5.92. The summed E-state index contributed by atoms with van der Waals surface area (Å²) in [5.41, 5.74) is 0.987. The fourth-order valence-electron chi connectivity index (χ4n) is 1.88. The van der Waals surface area contributed by atoms with Crippen molar-refractivity contribution in [2.24, 2.45) is 0 Å². The van der Waals surface area contributed by atoms with E-state index in [0.717, 1.165) is 32.7 Å². The molecule has 3 aromatic rings. The number of fused-ring (bicyclic) bond motifs is 1. The molecule has 102 valence electrons. The zero-order valence-electron chi connectivity index (χ0n) is 10.9. The number of nitrogens with zero attached hydrogens (tertiary/aromatic N) is 2. The van der Waals surface area contributed by atoms with Gasteiger partial charge in [0.2, 0.25) is 5.95 Å². The van der Waals surface area contributed by atoms with Crippen LogP contribution in [-0.2, 0) is 0 Å². The first kappa shape index (κ1) is 13.3. The molecule has 20 heavy (non-hydrogen) atoms. The molecule has 0 spiro atoms. The molecular weight excluding hydrogens is 336 g/mol. The van der Waals surface area contributed by atoms with Crippen LogP contribution in [0.2, 0.25) is 0 Å². The van der Waals surface area contributed by atoms with Crippen LogP contribution in [0.4, 0.5) is 17.5 Å². The van der Waals surface area contributed by atoms with Crippen molar-refractivity contribution < 1.29 is 0 Å². The van der Waals surface area contributed by atoms with Gasteiger partial charge in [0.05, 0.1) is 11.1 Å². The fraction of sp³-hybridized carbons (Fsp3) is 0.143. The van der Waals surface area contributed by atoms with E-state index in [1.807, 2.05) is 42.6 Å². The third-order valence-corrected chi connectivity index (χ3v) is 4.29. The van der Waals surface area contributed by atoms with Crippen molar-refractivity contribution in [1.29, 1.82) is 0 Å². The van der Waals surface area contributed by atoms with Crippen LogP contribution in [0.5, 0.6) is 0 Å². The van der Waals surface area contributed by atoms with Crippen LogP contribution in [0.15, 0.2) is 40.2 Å². The Balaban J connectivity index is 2.05. The quantitative estimate of drug-likeness (QED) is 0.721. The molecule has 0 radical (unpaired) electrons. The van der Waals surface area contributed by atoms with E-state index in [2.05, 4.69) is 36.5 Å². The second kappa shape index (κ2) is 5.76. The SMILES string of the molecule is CCNc1nc(Nc2ccccc2Br)c2ccsc2n1. The number of para-hydroxylation sites is 1. The molecule has 6 heteroatoms. The van der Waals surface area contributed by atoms with E-state index in [4.69, 9.17) is 0 Å². The largest absolute Gasteiger partial charge is 0.354 e. The summed E-state index contributed by atoms with van der Waals surface area (Å²) in [4.78, 5) is 10.0. The van der Waals surface area contributed by atoms with Crippen molar-refractivity contribution in [2.75, 3.05) is 17.2 Å². The molecule has 0 aliphatic heterocycles. The van der Waals surface area contributed by atoms with E-state index < -0.39 is 0 Å². The maximum Gasteiger partial charge on any atom is 0.226 e. The van der Waals surface area contributed by atoms with Gasteiger partial charge in [-0.25, -0.2) is 4.98 Å². The Bertz CT molecular complexity index is 741. The molecule has 4 nitrogen and oxygen atoms in total. The lowest BCUT2D eigenvalue weighted by molar-refractivity contribution is 1.11. The van der Waals surface area contributed by atoms with Crippen LogP contribution in [0, 0.1) is 0 Å². The molecule has 0 fully saturated rings. The van der Waals surface area contributed by atoms with Crippen LogP contribution in [-0.4, -0.2) is 16.5 Å². The minimum atomic E-state index is 0.650. The lowest BCUT2D eigenvalue weighted by atomic mass is 10.3. The zero-order chi connectivity index (χ0) is 13.9. The molecule has 0 aliphatic carbocycles. The Kier molecular flexibility index (Phi) is 3.84. The van der Waals surface area contributed by atoms with Crippen molar-refractivity contribution in [1.82, 2.24) is 9.97 Å². The Morgan fingerprint density at radius 3 is 2.85 bits per heavy atom. The lowest BCUT2D eigenvalue weighted by Crippen LogP contribution is -2.04. The number of rotatable bonds is 4. The Morgan fingerprint density at radius 1 is 1.20 bits per heavy atom. The Labute approximate surface area is 129 Å². The molecule has 0 amide bonds. The number of anilines is 3. The summed E-state index contributed by atoms with van der Waals surface area (Å²) in [5.74, 6) is 1.47. The standard InChI is InChI=1S/C14H13BrN4S/c1-2-16-14-18-12(9-7-8-20-13(9)19-14)17-11-6-4-3-5-10(11)15/h3-8H,2H2,1H3,(H2,16,17,18,19). The number of thiophene rings is 1. The maximum atomic E-state index is 4.55. The summed E-state index contributed by atoms with van der Waals surface area (Å²) in [5, 5.41) is 9.59. The van der Waals surface area contributed by atoms with Crippen LogP contribution >= 0.6 is 27.3 Å². The molecule has 2 N–H and O–H groups in total. The molecule has 2 heterocycles. The summed E-state index contributed by atoms with van der Waals surface area (Å²) >= 11 is 5.15. The molecule has 2 aromatic heterocycles. The summed E-state index contributed by atoms with van der Waals surface area (Å²) < 4.78 is 1.01. The van der Waals surface area contributed by atoms with Gasteiger partial charge in [-0.2, -0.15) is 4.98 Å². The van der Waals surface area contributed by atoms with E-state index in [9.17, 15) is 0 Å². The van der Waals surface area contributed by atoms with Crippen molar-refractivity contribution in [3.8, 4) is 0 Å². The number of aromatic nitrogens is 2. The number of hydrogen-bond acceptors (Lipinski definition) is 5. The molecular formula is C14H13BrN4S. The van der Waals surface area contributed by atoms with E-state index in [1.54, 1.807) is 11.3 Å². The fourth-order valence-corrected chi connectivity index (χ4v) is 3.03. The first-order chi connectivity index (χ1) is 9.78. The first-order valence-electron chi connectivity index (χ1n) is 6.28. The number of nitrogens with one attached hydrogen (secondary N) is 2. The van der Waals surface area contributed by atoms with Gasteiger partial charge in [0.1, 0.15) is 10.6 Å². The summed E-state index contributed by atoms with van der Waals surface area (Å²) in [7, 11) is 0. The predicted molar refractivity (Wildman–Crippen MR) is 89.0 cm³/mol. The highest BCUT2D eigenvalue weighted by atomic mass is 79.9. The van der Waals surface area contributed by atoms with Gasteiger partial charge in [-0.15, -0.1) is 11.3 Å². The summed E-state index contributed by atoms with van der Waals surface area (Å²) in [6.45, 7) is 2.83. The molecule has 0 saturated heterocycles. The van der Waals surface area contributed by atoms with Gasteiger partial charge in [-0.3, -0.25) is 0 Å². The minimum Gasteiger partial charge on any atom is -0.354 e. The Hall–Kier alpha value is -1.66. The van der Waals surface area contributed by atoms with Crippen molar-refractivity contribution in [2.45, 2.75) is 6.92 Å². The molecule has 0 unspecified atom stereocenters. The van der Waals surface area contributed by atoms with Gasteiger partial charge in [0.25, 0.3) is 0 Å². The maximum absolute atomic E-state index is 4.55. The monoisotopic (exact) mass is 348 g/mol. The highest BCUT2D eigenvalue weighted by molar-refractivity contribution is 9.10. The van der Waals surface area contributed by atoms with E-state index in [0.29, 0.717) is 5.95 Å². The van der Waals surface area contributed by atoms with Gasteiger partial charge in [-0.05, 0) is 46.4 Å². The Morgan fingerprint density at radius 2 is 2.05 bits per heavy atom. The second-order valence-electron chi connectivity index (χ2n) is 4.17. The van der Waals surface area contributed by atoms with Crippen LogP contribution in [0.25, 0.3) is 10.2 Å². The molecule has 0 saturated carbocycles. The third kappa shape index (κ3) is 2.62. The topological polar surface area (TPSA) is 49.8 Å². The van der Waals surface area contributed by atoms with E-state index >= 15 is 0 Å². The average molecular weight is 349 g/mol. The molecule has 3 rings (SSSR count). The van der Waals surface area contributed by atoms with Crippen LogP contribution in [0.3, 0.4) is 0 Å². The van der Waals surface area contributed by atoms with Gasteiger partial charge in [0.15, 0.2) is 0 Å². The lowest BCUT2D eigenvalue weighted by Gasteiger charge is -2.10. The summed E-state index contributed by atoms with van der Waals surface area (Å²) in [6, 6.07) is 10.0. The van der Waals surface area contributed by atoms with E-state index in [-0.39, 0.29) is 0 Å². The predicted octanol–water partition coefficient (Wildman–Crippen LogP) is 4.63. The highest BCUT2D eigenvalue weighted by Gasteiger charge is 2.09. The normalized spacial score (nSPS) is 10.7. The minimum absolute atomic E-state index is 0.650. The van der Waals surface area contributed by atoms with Crippen molar-refractivity contribution in [3.05, 3.63) is 40.2 Å². The average Bonchev–Trinajstić information content (AvgIpc) is 2.90. The van der Waals surface area contributed by atoms with Gasteiger partial charge < -0.3 is 10.6 Å². The van der Waals surface area contributed by atoms with Gasteiger partial charge in [0, 0.05) is 11.0 Å². The summed E-state index contributed by atoms with van der Waals surface area (Å²) in [6.07, 6.45) is 0. The number of benzene rings is 1. The molecule has 0 bridgehead atoms. The number of halogens is 1. The zero-order valence-corrected chi connectivity index (χ0v) is 13.3. The van der Waals surface area contributed by atoms with Crippen molar-refractivity contribution >= 4 is 54.9 Å². The van der Waals surface area contributed by atoms with Gasteiger partial charge in [-0.1, -0.05) is 12.1 Å². The highest BCUT2D eigenvalue weighted by Crippen LogP contribution is 2.31. The molecule has 0 atom stereocenters. The number of hydrogen-bond donors (Lipinski definition) is 2. The van der Waals surface area contributed by atoms with Crippen LogP contribution < -0.4 is 10.6 Å². The third-order valence-electron chi connectivity index (χ3n) is 2.79. The van der Waals surface area contributed by atoms with Crippen molar-refractivity contribution in [3.63, 3.8) is 0 Å². The van der Waals surface area contributed by atoms with Crippen LogP contribution in [0.1, 0.15) is 6.92 Å². The smallest absolute Gasteiger partial charge is 0.226 e.